The molecule has 1 aromatic carbocycles. The molecule has 3 rings (SSSR count). The fourth-order valence-corrected chi connectivity index (χ4v) is 3.61. The zero-order chi connectivity index (χ0) is 11.7. The van der Waals surface area contributed by atoms with Gasteiger partial charge in [0.25, 0.3) is 0 Å². The summed E-state index contributed by atoms with van der Waals surface area (Å²) in [5, 5.41) is 9.42. The van der Waals surface area contributed by atoms with Crippen LogP contribution in [-0.4, -0.2) is 14.5 Å². The van der Waals surface area contributed by atoms with Gasteiger partial charge in [-0.3, -0.25) is 4.21 Å². The number of hydrogen-bond acceptors (Lipinski definition) is 5. The van der Waals surface area contributed by atoms with Crippen molar-refractivity contribution >= 4 is 33.2 Å². The summed E-state index contributed by atoms with van der Waals surface area (Å²) >= 11 is 1.51. The summed E-state index contributed by atoms with van der Waals surface area (Å²) in [6.45, 7) is 0. The van der Waals surface area contributed by atoms with Gasteiger partial charge >= 0.3 is 0 Å². The Kier molecular flexibility index (Phi) is 2.74. The van der Waals surface area contributed by atoms with Gasteiger partial charge in [-0.15, -0.1) is 11.3 Å². The summed E-state index contributed by atoms with van der Waals surface area (Å²) in [5.41, 5.74) is 2.39. The van der Waals surface area contributed by atoms with Crippen LogP contribution >= 0.6 is 11.3 Å². The monoisotopic (exact) mass is 264 g/mol. The van der Waals surface area contributed by atoms with Gasteiger partial charge in [0.1, 0.15) is 11.0 Å². The first-order valence-corrected chi connectivity index (χ1v) is 7.16. The molecule has 0 saturated heterocycles. The molecule has 2 aromatic heterocycles. The molecular weight excluding hydrogens is 256 g/mol. The Morgan fingerprint density at radius 2 is 2.12 bits per heavy atom. The van der Waals surface area contributed by atoms with Crippen molar-refractivity contribution in [2.24, 2.45) is 0 Å². The van der Waals surface area contributed by atoms with E-state index in [9.17, 15) is 4.21 Å². The first kappa shape index (κ1) is 10.6. The molecule has 0 saturated carbocycles. The van der Waals surface area contributed by atoms with Crippen LogP contribution in [0.1, 0.15) is 5.56 Å². The second-order valence-corrected chi connectivity index (χ2v) is 6.13. The molecule has 86 valence electrons. The van der Waals surface area contributed by atoms with Gasteiger partial charge in [0.15, 0.2) is 0 Å². The third-order valence-electron chi connectivity index (χ3n) is 2.34. The average molecular weight is 264 g/mol. The van der Waals surface area contributed by atoms with Gasteiger partial charge in [-0.05, 0) is 39.5 Å². The van der Waals surface area contributed by atoms with E-state index in [0.717, 1.165) is 15.3 Å². The fraction of sp³-hybridized carbons (Fsp3) is 0.0909. The third kappa shape index (κ3) is 2.13. The molecule has 0 unspecified atom stereocenters. The Bertz CT molecular complexity index is 661. The molecule has 0 spiro atoms. The molecule has 0 bridgehead atoms. The van der Waals surface area contributed by atoms with Crippen LogP contribution < -0.4 is 0 Å². The van der Waals surface area contributed by atoms with Crippen LogP contribution in [0.2, 0.25) is 0 Å². The van der Waals surface area contributed by atoms with E-state index in [4.69, 9.17) is 0 Å². The molecule has 0 radical (unpaired) electrons. The Balaban J connectivity index is 1.87. The van der Waals surface area contributed by atoms with E-state index in [-0.39, 0.29) is 0 Å². The Morgan fingerprint density at radius 1 is 1.24 bits per heavy atom. The lowest BCUT2D eigenvalue weighted by molar-refractivity contribution is 0.315. The summed E-state index contributed by atoms with van der Waals surface area (Å²) in [6.07, 6.45) is 0. The number of fused-ring (bicyclic) bond motifs is 1. The van der Waals surface area contributed by atoms with Crippen molar-refractivity contribution in [3.8, 4) is 0 Å². The normalized spacial score (nSPS) is 12.9. The maximum absolute atomic E-state index is 12.0. The molecule has 2 heterocycles. The highest BCUT2D eigenvalue weighted by atomic mass is 32.2. The smallest absolute Gasteiger partial charge is 0.135 e. The van der Waals surface area contributed by atoms with Crippen LogP contribution in [0, 0.1) is 0 Å². The first-order chi connectivity index (χ1) is 8.33. The largest absolute Gasteiger partial charge is 0.253 e. The van der Waals surface area contributed by atoms with Gasteiger partial charge in [0.05, 0.1) is 20.8 Å². The quantitative estimate of drug-likeness (QED) is 0.729. The van der Waals surface area contributed by atoms with E-state index in [1.165, 1.54) is 11.3 Å². The fourth-order valence-electron chi connectivity index (χ4n) is 1.53. The third-order valence-corrected chi connectivity index (χ3v) is 5.02. The lowest BCUT2D eigenvalue weighted by atomic mass is 10.2. The van der Waals surface area contributed by atoms with Crippen molar-refractivity contribution in [3.05, 3.63) is 41.3 Å². The molecule has 0 amide bonds. The van der Waals surface area contributed by atoms with Crippen LogP contribution in [0.5, 0.6) is 0 Å². The Morgan fingerprint density at radius 3 is 2.94 bits per heavy atom. The van der Waals surface area contributed by atoms with Crippen molar-refractivity contribution in [1.29, 1.82) is 0 Å². The second-order valence-electron chi connectivity index (χ2n) is 3.51. The summed E-state index contributed by atoms with van der Waals surface area (Å²) in [5.74, 6) is 0.489. The number of thiophene rings is 1. The number of benzene rings is 1. The molecule has 0 aliphatic heterocycles. The SMILES string of the molecule is O=[S@@](Cc1ccc2nonc2c1)c1cccs1. The lowest BCUT2D eigenvalue weighted by Crippen LogP contribution is -1.93. The van der Waals surface area contributed by atoms with E-state index in [2.05, 4.69) is 14.9 Å². The molecular formula is C11H8N2O2S2. The van der Waals surface area contributed by atoms with Crippen molar-refractivity contribution in [2.45, 2.75) is 9.96 Å². The molecule has 0 N–H and O–H groups in total. The molecule has 17 heavy (non-hydrogen) atoms. The summed E-state index contributed by atoms with van der Waals surface area (Å²) in [7, 11) is -0.994. The van der Waals surface area contributed by atoms with E-state index in [1.54, 1.807) is 0 Å². The number of rotatable bonds is 3. The predicted octanol–water partition coefficient (Wildman–Crippen LogP) is 2.59. The number of hydrogen-bond donors (Lipinski definition) is 0. The molecule has 6 heteroatoms. The minimum Gasteiger partial charge on any atom is -0.253 e. The zero-order valence-corrected chi connectivity index (χ0v) is 10.3. The number of aromatic nitrogens is 2. The number of nitrogens with zero attached hydrogens (tertiary/aromatic N) is 2. The second kappa shape index (κ2) is 4.38. The zero-order valence-electron chi connectivity index (χ0n) is 8.70. The highest BCUT2D eigenvalue weighted by Crippen LogP contribution is 2.19. The van der Waals surface area contributed by atoms with Crippen LogP contribution in [-0.2, 0) is 16.6 Å². The highest BCUT2D eigenvalue weighted by Gasteiger charge is 2.08. The highest BCUT2D eigenvalue weighted by molar-refractivity contribution is 7.86. The summed E-state index contributed by atoms with van der Waals surface area (Å²) in [6, 6.07) is 9.38. The van der Waals surface area contributed by atoms with Crippen molar-refractivity contribution in [3.63, 3.8) is 0 Å². The minimum absolute atomic E-state index is 0.489. The van der Waals surface area contributed by atoms with Crippen LogP contribution in [0.15, 0.2) is 44.6 Å². The molecule has 1 atom stereocenters. The first-order valence-electron chi connectivity index (χ1n) is 4.96. The Hall–Kier alpha value is -1.53. The lowest BCUT2D eigenvalue weighted by Gasteiger charge is -1.99. The standard InChI is InChI=1S/C11H8N2O2S2/c14-17(11-2-1-5-16-11)7-8-3-4-9-10(6-8)13-15-12-9/h1-6H,7H2/t17-/m0/s1. The Labute approximate surface area is 104 Å². The summed E-state index contributed by atoms with van der Waals surface area (Å²) in [4.78, 5) is 0. The van der Waals surface area contributed by atoms with Crippen LogP contribution in [0.3, 0.4) is 0 Å². The molecule has 3 aromatic rings. The van der Waals surface area contributed by atoms with Gasteiger partial charge < -0.3 is 0 Å². The molecule has 0 fully saturated rings. The topological polar surface area (TPSA) is 56.0 Å². The minimum atomic E-state index is -0.994. The van der Waals surface area contributed by atoms with E-state index in [1.807, 2.05) is 35.7 Å². The van der Waals surface area contributed by atoms with E-state index >= 15 is 0 Å². The van der Waals surface area contributed by atoms with E-state index < -0.39 is 10.8 Å². The van der Waals surface area contributed by atoms with Gasteiger partial charge in [0, 0.05) is 0 Å². The van der Waals surface area contributed by atoms with E-state index in [0.29, 0.717) is 11.3 Å². The van der Waals surface area contributed by atoms with Crippen molar-refractivity contribution in [2.75, 3.05) is 0 Å². The maximum atomic E-state index is 12.0. The maximum Gasteiger partial charge on any atom is 0.135 e. The predicted molar refractivity (Wildman–Crippen MR) is 66.2 cm³/mol. The van der Waals surface area contributed by atoms with Gasteiger partial charge in [-0.25, -0.2) is 4.63 Å². The van der Waals surface area contributed by atoms with Gasteiger partial charge in [0.2, 0.25) is 0 Å². The molecule has 4 nitrogen and oxygen atoms in total. The molecule has 0 aliphatic rings. The van der Waals surface area contributed by atoms with Crippen molar-refractivity contribution in [1.82, 2.24) is 10.3 Å². The molecule has 0 aliphatic carbocycles. The van der Waals surface area contributed by atoms with Gasteiger partial charge in [-0.1, -0.05) is 12.1 Å². The van der Waals surface area contributed by atoms with Crippen molar-refractivity contribution < 1.29 is 8.84 Å². The van der Waals surface area contributed by atoms with Crippen LogP contribution in [0.25, 0.3) is 11.0 Å². The van der Waals surface area contributed by atoms with Crippen LogP contribution in [0.4, 0.5) is 0 Å². The summed E-state index contributed by atoms with van der Waals surface area (Å²) < 4.78 is 17.5. The van der Waals surface area contributed by atoms with Gasteiger partial charge in [-0.2, -0.15) is 0 Å². The average Bonchev–Trinajstić information content (AvgIpc) is 2.99.